The minimum atomic E-state index is 0.0225. The van der Waals surface area contributed by atoms with Crippen molar-refractivity contribution < 1.29 is 9.21 Å². The fourth-order valence-electron chi connectivity index (χ4n) is 4.16. The van der Waals surface area contributed by atoms with Crippen LogP contribution in [0.2, 0.25) is 0 Å². The smallest absolute Gasteiger partial charge is 0.251 e. The number of unbranched alkanes of at least 4 members (excludes halogenated alkanes) is 2. The third-order valence-electron chi connectivity index (χ3n) is 6.31. The number of nitrogens with one attached hydrogen (secondary N) is 1. The van der Waals surface area contributed by atoms with E-state index in [0.29, 0.717) is 11.9 Å². The first-order valence-corrected chi connectivity index (χ1v) is 12.7. The van der Waals surface area contributed by atoms with Gasteiger partial charge in [-0.2, -0.15) is 4.80 Å². The lowest BCUT2D eigenvalue weighted by molar-refractivity contribution is 0.0951. The zero-order chi connectivity index (χ0) is 24.6. The van der Waals surface area contributed by atoms with E-state index in [1.54, 1.807) is 11.1 Å². The highest BCUT2D eigenvalue weighted by atomic mass is 16.3. The molecule has 8 heteroatoms. The number of rotatable bonds is 13. The van der Waals surface area contributed by atoms with Gasteiger partial charge in [-0.05, 0) is 67.3 Å². The van der Waals surface area contributed by atoms with Crippen molar-refractivity contribution in [2.45, 2.75) is 57.8 Å². The highest BCUT2D eigenvalue weighted by Crippen LogP contribution is 2.20. The predicted molar refractivity (Wildman–Crippen MR) is 137 cm³/mol. The molecular formula is C28H32N6O2. The van der Waals surface area contributed by atoms with Crippen molar-refractivity contribution in [2.24, 2.45) is 0 Å². The number of nitrogens with zero attached hydrogens (tertiary/aromatic N) is 5. The molecule has 0 unspecified atom stereocenters. The summed E-state index contributed by atoms with van der Waals surface area (Å²) in [5.74, 6) is 1.64. The Balaban J connectivity index is 1.10. The van der Waals surface area contributed by atoms with Crippen molar-refractivity contribution in [1.29, 1.82) is 0 Å². The zero-order valence-electron chi connectivity index (χ0n) is 20.4. The first kappa shape index (κ1) is 23.9. The molecule has 2 aromatic heterocycles. The molecule has 0 aliphatic heterocycles. The van der Waals surface area contributed by atoms with E-state index in [9.17, 15) is 4.79 Å². The molecule has 2 aromatic carbocycles. The van der Waals surface area contributed by atoms with E-state index in [2.05, 4.69) is 37.8 Å². The van der Waals surface area contributed by atoms with Gasteiger partial charge in [-0.1, -0.05) is 48.9 Å². The Bertz CT molecular complexity index is 1220. The number of carbonyl (C=O) groups is 1. The Hall–Kier alpha value is -3.78. The zero-order valence-corrected chi connectivity index (χ0v) is 20.4. The fraction of sp³-hybridized carbons (Fsp3) is 0.357. The van der Waals surface area contributed by atoms with Crippen LogP contribution in [0, 0.1) is 0 Å². The fourth-order valence-corrected chi connectivity index (χ4v) is 4.16. The molecule has 0 atom stereocenters. The van der Waals surface area contributed by atoms with Crippen LogP contribution in [-0.2, 0) is 19.6 Å². The molecule has 36 heavy (non-hydrogen) atoms. The predicted octanol–water partition coefficient (Wildman–Crippen LogP) is 4.70. The molecule has 0 radical (unpaired) electrons. The van der Waals surface area contributed by atoms with E-state index in [1.807, 2.05) is 54.6 Å². The van der Waals surface area contributed by atoms with Crippen molar-refractivity contribution in [3.63, 3.8) is 0 Å². The molecule has 2 heterocycles. The number of tetrazole rings is 1. The number of aryl methyl sites for hydroxylation is 1. The number of benzene rings is 2. The maximum atomic E-state index is 12.3. The molecule has 1 fully saturated rings. The molecule has 8 nitrogen and oxygen atoms in total. The largest absolute Gasteiger partial charge is 0.468 e. The summed E-state index contributed by atoms with van der Waals surface area (Å²) >= 11 is 0. The summed E-state index contributed by atoms with van der Waals surface area (Å²) in [7, 11) is 0. The normalized spacial score (nSPS) is 13.2. The van der Waals surface area contributed by atoms with Gasteiger partial charge in [0.05, 0.1) is 19.4 Å². The van der Waals surface area contributed by atoms with Gasteiger partial charge in [-0.15, -0.1) is 10.2 Å². The second-order valence-corrected chi connectivity index (χ2v) is 9.37. The maximum Gasteiger partial charge on any atom is 0.251 e. The molecular weight excluding hydrogens is 452 g/mol. The van der Waals surface area contributed by atoms with Crippen LogP contribution in [0.1, 0.15) is 53.8 Å². The van der Waals surface area contributed by atoms with E-state index >= 15 is 0 Å². The van der Waals surface area contributed by atoms with Gasteiger partial charge in [0.25, 0.3) is 5.91 Å². The minimum Gasteiger partial charge on any atom is -0.468 e. The summed E-state index contributed by atoms with van der Waals surface area (Å²) in [5.41, 5.74) is 2.89. The molecule has 1 saturated carbocycles. The first-order chi connectivity index (χ1) is 17.7. The SMILES string of the molecule is O=C(NC1CC1)c1ccc(CN(CCCCCn2nnc(-c3ccccc3)n2)Cc2ccco2)cc1. The van der Waals surface area contributed by atoms with Crippen LogP contribution in [-0.4, -0.2) is 43.6 Å². The summed E-state index contributed by atoms with van der Waals surface area (Å²) < 4.78 is 5.60. The van der Waals surface area contributed by atoms with Gasteiger partial charge >= 0.3 is 0 Å². The Kier molecular flexibility index (Phi) is 7.83. The minimum absolute atomic E-state index is 0.0225. The highest BCUT2D eigenvalue weighted by Gasteiger charge is 2.23. The van der Waals surface area contributed by atoms with Gasteiger partial charge in [-0.25, -0.2) is 0 Å². The third kappa shape index (κ3) is 6.88. The number of furan rings is 1. The standard InChI is InChI=1S/C28H32N6O2/c35-28(29-25-15-16-25)24-13-11-22(12-14-24)20-33(21-26-10-7-19-36-26)17-5-2-6-18-34-31-27(30-32-34)23-8-3-1-4-9-23/h1,3-4,7-14,19,25H,2,5-6,15-18,20-21H2,(H,29,35). The molecule has 4 aromatic rings. The van der Waals surface area contributed by atoms with Crippen molar-refractivity contribution in [3.05, 3.63) is 89.9 Å². The van der Waals surface area contributed by atoms with Gasteiger partial charge in [0.1, 0.15) is 5.76 Å². The first-order valence-electron chi connectivity index (χ1n) is 12.7. The molecule has 0 spiro atoms. The summed E-state index contributed by atoms with van der Waals surface area (Å²) in [6.07, 6.45) is 7.02. The lowest BCUT2D eigenvalue weighted by atomic mass is 10.1. The number of hydrogen-bond donors (Lipinski definition) is 1. The maximum absolute atomic E-state index is 12.3. The van der Waals surface area contributed by atoms with Gasteiger partial charge in [0.2, 0.25) is 5.82 Å². The van der Waals surface area contributed by atoms with Crippen LogP contribution in [0.15, 0.2) is 77.4 Å². The summed E-state index contributed by atoms with van der Waals surface area (Å²) in [6, 6.07) is 22.2. The van der Waals surface area contributed by atoms with Gasteiger partial charge in [-0.3, -0.25) is 9.69 Å². The molecule has 5 rings (SSSR count). The van der Waals surface area contributed by atoms with Crippen LogP contribution in [0.25, 0.3) is 11.4 Å². The van der Waals surface area contributed by atoms with Crippen LogP contribution in [0.3, 0.4) is 0 Å². The van der Waals surface area contributed by atoms with E-state index in [0.717, 1.165) is 75.2 Å². The Morgan fingerprint density at radius 3 is 2.56 bits per heavy atom. The Labute approximate surface area is 211 Å². The second-order valence-electron chi connectivity index (χ2n) is 9.37. The molecule has 1 aliphatic rings. The number of aromatic nitrogens is 4. The van der Waals surface area contributed by atoms with Gasteiger partial charge in [0, 0.05) is 23.7 Å². The summed E-state index contributed by atoms with van der Waals surface area (Å²) in [5, 5.41) is 15.9. The third-order valence-corrected chi connectivity index (χ3v) is 6.31. The van der Waals surface area contributed by atoms with Crippen LogP contribution >= 0.6 is 0 Å². The average Bonchev–Trinajstić information content (AvgIpc) is 3.35. The van der Waals surface area contributed by atoms with Crippen molar-refractivity contribution >= 4 is 5.91 Å². The summed E-state index contributed by atoms with van der Waals surface area (Å²) in [4.78, 5) is 16.3. The monoisotopic (exact) mass is 484 g/mol. The van der Waals surface area contributed by atoms with Crippen LogP contribution in [0.5, 0.6) is 0 Å². The number of carbonyl (C=O) groups excluding carboxylic acids is 1. The molecule has 1 N–H and O–H groups in total. The lowest BCUT2D eigenvalue weighted by Gasteiger charge is -2.21. The molecule has 186 valence electrons. The topological polar surface area (TPSA) is 89.1 Å². The molecule has 0 bridgehead atoms. The van der Waals surface area contributed by atoms with Crippen LogP contribution in [0.4, 0.5) is 0 Å². The van der Waals surface area contributed by atoms with Gasteiger partial charge in [0.15, 0.2) is 0 Å². The quantitative estimate of drug-likeness (QED) is 0.277. The van der Waals surface area contributed by atoms with Crippen molar-refractivity contribution in [1.82, 2.24) is 30.4 Å². The molecule has 0 saturated heterocycles. The lowest BCUT2D eigenvalue weighted by Crippen LogP contribution is -2.26. The van der Waals surface area contributed by atoms with E-state index in [-0.39, 0.29) is 5.91 Å². The molecule has 1 amide bonds. The van der Waals surface area contributed by atoms with E-state index < -0.39 is 0 Å². The number of hydrogen-bond acceptors (Lipinski definition) is 6. The van der Waals surface area contributed by atoms with Crippen molar-refractivity contribution in [3.8, 4) is 11.4 Å². The summed E-state index contributed by atoms with van der Waals surface area (Å²) in [6.45, 7) is 3.26. The average molecular weight is 485 g/mol. The van der Waals surface area contributed by atoms with Gasteiger partial charge < -0.3 is 9.73 Å². The highest BCUT2D eigenvalue weighted by molar-refractivity contribution is 5.94. The van der Waals surface area contributed by atoms with E-state index in [1.165, 1.54) is 5.56 Å². The molecule has 1 aliphatic carbocycles. The second kappa shape index (κ2) is 11.8. The Morgan fingerprint density at radius 2 is 1.81 bits per heavy atom. The van der Waals surface area contributed by atoms with Crippen molar-refractivity contribution in [2.75, 3.05) is 6.54 Å². The number of amides is 1. The Morgan fingerprint density at radius 1 is 0.972 bits per heavy atom. The van der Waals surface area contributed by atoms with E-state index in [4.69, 9.17) is 4.42 Å². The van der Waals surface area contributed by atoms with Crippen LogP contribution < -0.4 is 5.32 Å².